The van der Waals surface area contributed by atoms with Crippen LogP contribution in [-0.2, 0) is 26.2 Å². The molecule has 11 heteroatoms. The predicted octanol–water partition coefficient (Wildman–Crippen LogP) is 4.19. The predicted molar refractivity (Wildman–Crippen MR) is 131 cm³/mol. The van der Waals surface area contributed by atoms with Gasteiger partial charge in [-0.3, -0.25) is 4.79 Å². The minimum atomic E-state index is -4.86. The van der Waals surface area contributed by atoms with Gasteiger partial charge in [-0.15, -0.1) is 0 Å². The Kier molecular flexibility index (Phi) is 7.88. The number of fused-ring (bicyclic) bond motifs is 1. The molecule has 0 aliphatic heterocycles. The van der Waals surface area contributed by atoms with Crippen LogP contribution in [0.2, 0.25) is 0 Å². The van der Waals surface area contributed by atoms with E-state index in [0.29, 0.717) is 30.9 Å². The van der Waals surface area contributed by atoms with Gasteiger partial charge in [0.05, 0.1) is 27.8 Å². The fourth-order valence-corrected chi connectivity index (χ4v) is 6.32. The van der Waals surface area contributed by atoms with Crippen LogP contribution in [0.5, 0.6) is 0 Å². The highest BCUT2D eigenvalue weighted by Crippen LogP contribution is 2.41. The van der Waals surface area contributed by atoms with Gasteiger partial charge in [0.25, 0.3) is 5.91 Å². The molecule has 1 aliphatic carbocycles. The van der Waals surface area contributed by atoms with Crippen LogP contribution in [0.4, 0.5) is 18.9 Å². The molecule has 0 saturated carbocycles. The minimum absolute atomic E-state index is 0.00565. The normalized spacial score (nSPS) is 19.0. The van der Waals surface area contributed by atoms with Crippen LogP contribution in [0.15, 0.2) is 47.4 Å². The molecule has 2 aromatic carbocycles. The molecule has 0 spiro atoms. The highest BCUT2D eigenvalue weighted by Gasteiger charge is 2.40. The van der Waals surface area contributed by atoms with Gasteiger partial charge in [-0.05, 0) is 67.0 Å². The van der Waals surface area contributed by atoms with E-state index in [1.807, 2.05) is 19.1 Å². The van der Waals surface area contributed by atoms with Crippen molar-refractivity contribution >= 4 is 27.5 Å². The van der Waals surface area contributed by atoms with Crippen molar-refractivity contribution in [3.05, 3.63) is 64.7 Å². The van der Waals surface area contributed by atoms with Gasteiger partial charge in [-0.25, -0.2) is 8.42 Å². The topological polar surface area (TPSA) is 127 Å². The molecule has 0 saturated heterocycles. The summed E-state index contributed by atoms with van der Waals surface area (Å²) in [6.07, 6.45) is 0.452. The number of allylic oxidation sites excluding steroid dienone is 1. The number of carbonyl (C=O) groups excluding carboxylic acids is 1. The van der Waals surface area contributed by atoms with Crippen molar-refractivity contribution in [3.63, 3.8) is 0 Å². The molecule has 0 bridgehead atoms. The van der Waals surface area contributed by atoms with Crippen LogP contribution in [0.1, 0.15) is 55.4 Å². The first kappa shape index (κ1) is 28.4. The van der Waals surface area contributed by atoms with E-state index in [-0.39, 0.29) is 17.2 Å². The highest BCUT2D eigenvalue weighted by atomic mass is 32.2. The van der Waals surface area contributed by atoms with Crippen molar-refractivity contribution in [3.8, 4) is 6.07 Å². The lowest BCUT2D eigenvalue weighted by atomic mass is 9.71. The van der Waals surface area contributed by atoms with Gasteiger partial charge in [0.15, 0.2) is 15.4 Å². The summed E-state index contributed by atoms with van der Waals surface area (Å²) in [6, 6.07) is 8.67. The number of aliphatic hydroxyl groups excluding tert-OH is 1. The molecule has 2 atom stereocenters. The van der Waals surface area contributed by atoms with Crippen LogP contribution in [0.3, 0.4) is 0 Å². The second kappa shape index (κ2) is 10.3. The maximum atomic E-state index is 13.4. The van der Waals surface area contributed by atoms with Crippen LogP contribution in [0.25, 0.3) is 6.08 Å². The van der Waals surface area contributed by atoms with Gasteiger partial charge in [0.2, 0.25) is 0 Å². The minimum Gasteiger partial charge on any atom is -0.396 e. The molecule has 2 unspecified atom stereocenters. The van der Waals surface area contributed by atoms with Crippen molar-refractivity contribution in [1.82, 2.24) is 0 Å². The first-order chi connectivity index (χ1) is 17.1. The number of hydrogen-bond donors (Lipinski definition) is 3. The Hall–Kier alpha value is -3.20. The van der Waals surface area contributed by atoms with E-state index in [1.54, 1.807) is 12.1 Å². The average molecular weight is 537 g/mol. The molecule has 2 aromatic rings. The van der Waals surface area contributed by atoms with Crippen LogP contribution < -0.4 is 5.32 Å². The monoisotopic (exact) mass is 536 g/mol. The van der Waals surface area contributed by atoms with E-state index in [1.165, 1.54) is 12.1 Å². The molecule has 1 aliphatic rings. The number of aliphatic hydroxyl groups is 2. The highest BCUT2D eigenvalue weighted by molar-refractivity contribution is 7.91. The molecule has 198 valence electrons. The van der Waals surface area contributed by atoms with Crippen LogP contribution in [-0.4, -0.2) is 42.5 Å². The fourth-order valence-electron chi connectivity index (χ4n) is 4.50. The largest absolute Gasteiger partial charge is 0.417 e. The number of benzene rings is 2. The third-order valence-corrected chi connectivity index (χ3v) is 8.42. The molecule has 0 heterocycles. The first-order valence-corrected chi connectivity index (χ1v) is 13.1. The average Bonchev–Trinajstić information content (AvgIpc) is 2.81. The number of hydrogen-bond acceptors (Lipinski definition) is 6. The lowest BCUT2D eigenvalue weighted by Crippen LogP contribution is -2.46. The van der Waals surface area contributed by atoms with Crippen LogP contribution >= 0.6 is 0 Å². The van der Waals surface area contributed by atoms with E-state index in [2.05, 4.69) is 5.32 Å². The molecule has 3 rings (SSSR count). The van der Waals surface area contributed by atoms with Gasteiger partial charge in [0.1, 0.15) is 0 Å². The van der Waals surface area contributed by atoms with Crippen molar-refractivity contribution in [1.29, 1.82) is 5.26 Å². The quantitative estimate of drug-likeness (QED) is 0.464. The number of sulfone groups is 1. The van der Waals surface area contributed by atoms with E-state index in [0.717, 1.165) is 24.6 Å². The van der Waals surface area contributed by atoms with E-state index < -0.39 is 49.8 Å². The number of alkyl halides is 3. The lowest BCUT2D eigenvalue weighted by molar-refractivity contribution is -0.137. The van der Waals surface area contributed by atoms with E-state index in [4.69, 9.17) is 5.26 Å². The smallest absolute Gasteiger partial charge is 0.396 e. The van der Waals surface area contributed by atoms with Crippen molar-refractivity contribution in [2.75, 3.05) is 17.7 Å². The Morgan fingerprint density at radius 1 is 1.24 bits per heavy atom. The van der Waals surface area contributed by atoms with Crippen molar-refractivity contribution < 1.29 is 36.6 Å². The van der Waals surface area contributed by atoms with Gasteiger partial charge in [-0.2, -0.15) is 18.4 Å². The molecule has 37 heavy (non-hydrogen) atoms. The molecule has 7 nitrogen and oxygen atoms in total. The maximum Gasteiger partial charge on any atom is 0.417 e. The Balaban J connectivity index is 1.89. The summed E-state index contributed by atoms with van der Waals surface area (Å²) >= 11 is 0. The number of nitriles is 1. The third-order valence-electron chi connectivity index (χ3n) is 6.45. The van der Waals surface area contributed by atoms with Crippen LogP contribution in [0, 0.1) is 11.3 Å². The SMILES string of the molecule is CC(O)(CS(=O)(=O)c1cccc2c1C=CCC2(C)CCCO)C(=O)Nc1ccc(C#N)c(C(F)(F)F)c1. The molecular weight excluding hydrogens is 509 g/mol. The van der Waals surface area contributed by atoms with Crippen molar-refractivity contribution in [2.24, 2.45) is 0 Å². The number of rotatable bonds is 8. The number of carbonyl (C=O) groups is 1. The Bertz CT molecular complexity index is 1380. The zero-order valence-electron chi connectivity index (χ0n) is 20.3. The fraction of sp³-hybridized carbons (Fsp3) is 0.385. The Labute approximate surface area is 213 Å². The summed E-state index contributed by atoms with van der Waals surface area (Å²) in [5, 5.41) is 31.1. The second-order valence-corrected chi connectivity index (χ2v) is 11.5. The van der Waals surface area contributed by atoms with E-state index >= 15 is 0 Å². The molecule has 0 aromatic heterocycles. The number of anilines is 1. The molecule has 0 fully saturated rings. The third kappa shape index (κ3) is 6.04. The maximum absolute atomic E-state index is 13.4. The summed E-state index contributed by atoms with van der Waals surface area (Å²) in [7, 11) is -4.24. The molecule has 1 amide bonds. The molecule has 0 radical (unpaired) electrons. The van der Waals surface area contributed by atoms with Gasteiger partial charge >= 0.3 is 6.18 Å². The zero-order chi connectivity index (χ0) is 27.6. The second-order valence-electron chi connectivity index (χ2n) is 9.57. The molecular formula is C26H27F3N2O5S. The number of nitrogens with one attached hydrogen (secondary N) is 1. The Morgan fingerprint density at radius 3 is 2.57 bits per heavy atom. The Morgan fingerprint density at radius 2 is 1.95 bits per heavy atom. The number of halogens is 3. The summed E-state index contributed by atoms with van der Waals surface area (Å²) in [5.74, 6) is -2.24. The van der Waals surface area contributed by atoms with Gasteiger partial charge in [-0.1, -0.05) is 31.2 Å². The summed E-state index contributed by atoms with van der Waals surface area (Å²) in [5.41, 5.74) is -3.97. The van der Waals surface area contributed by atoms with Crippen molar-refractivity contribution in [2.45, 2.75) is 55.2 Å². The summed E-state index contributed by atoms with van der Waals surface area (Å²) in [4.78, 5) is 12.7. The zero-order valence-corrected chi connectivity index (χ0v) is 21.1. The van der Waals surface area contributed by atoms with E-state index in [9.17, 15) is 36.6 Å². The number of nitrogens with zero attached hydrogens (tertiary/aromatic N) is 1. The van der Waals surface area contributed by atoms with Gasteiger partial charge < -0.3 is 15.5 Å². The summed E-state index contributed by atoms with van der Waals surface area (Å²) < 4.78 is 66.5. The lowest BCUT2D eigenvalue weighted by Gasteiger charge is -2.34. The first-order valence-electron chi connectivity index (χ1n) is 11.4. The summed E-state index contributed by atoms with van der Waals surface area (Å²) in [6.45, 7) is 2.93. The standard InChI is InChI=1S/C26H27F3N2O5S/c1-24(12-5-13-32)11-4-6-19-20(24)7-3-8-22(19)37(35,36)16-25(2,34)23(33)31-18-10-9-17(15-30)21(14-18)26(27,28)29/h3-4,6-10,14,32,34H,5,11-13,16H2,1-2H3,(H,31,33). The number of amides is 1. The molecule has 3 N–H and O–H groups in total. The van der Waals surface area contributed by atoms with Gasteiger partial charge in [0, 0.05) is 12.3 Å².